The van der Waals surface area contributed by atoms with Crippen LogP contribution in [0.2, 0.25) is 0 Å². The van der Waals surface area contributed by atoms with E-state index in [1.54, 1.807) is 12.1 Å². The maximum absolute atomic E-state index is 13.3. The third kappa shape index (κ3) is 5.46. The number of rotatable bonds is 9. The molecule has 0 aliphatic carbocycles. The predicted molar refractivity (Wildman–Crippen MR) is 130 cm³/mol. The number of amides is 1. The zero-order valence-electron chi connectivity index (χ0n) is 19.1. The fraction of sp³-hybridized carbons (Fsp3) is 0.391. The van der Waals surface area contributed by atoms with Crippen molar-refractivity contribution in [3.05, 3.63) is 47.5 Å². The van der Waals surface area contributed by atoms with Crippen molar-refractivity contribution in [2.24, 2.45) is 0 Å². The van der Waals surface area contributed by atoms with Crippen LogP contribution in [-0.2, 0) is 14.6 Å². The number of aryl methyl sites for hydroxylation is 2. The molecule has 0 spiro atoms. The highest BCUT2D eigenvalue weighted by atomic mass is 32.2. The molecule has 32 heavy (non-hydrogen) atoms. The number of aromatic nitrogens is 1. The summed E-state index contributed by atoms with van der Waals surface area (Å²) in [4.78, 5) is 21.6. The van der Waals surface area contributed by atoms with Gasteiger partial charge in [-0.15, -0.1) is 0 Å². The Hall–Kier alpha value is -2.49. The van der Waals surface area contributed by atoms with Gasteiger partial charge < -0.3 is 9.64 Å². The van der Waals surface area contributed by atoms with Crippen LogP contribution in [0.1, 0.15) is 17.5 Å². The molecule has 0 fully saturated rings. The summed E-state index contributed by atoms with van der Waals surface area (Å²) in [5.74, 6) is -0.537. The van der Waals surface area contributed by atoms with Gasteiger partial charge in [0.25, 0.3) is 0 Å². The molecular formula is C23H29N3O4S2. The Labute approximate surface area is 193 Å². The highest BCUT2D eigenvalue weighted by Gasteiger charge is 2.27. The van der Waals surface area contributed by atoms with E-state index in [4.69, 9.17) is 9.72 Å². The average molecular weight is 476 g/mol. The Bertz CT molecular complexity index is 1160. The van der Waals surface area contributed by atoms with Gasteiger partial charge in [0.05, 0.1) is 22.2 Å². The van der Waals surface area contributed by atoms with E-state index in [0.29, 0.717) is 23.8 Å². The van der Waals surface area contributed by atoms with Gasteiger partial charge in [-0.2, -0.15) is 0 Å². The lowest BCUT2D eigenvalue weighted by Gasteiger charge is -2.21. The van der Waals surface area contributed by atoms with E-state index >= 15 is 0 Å². The molecule has 172 valence electrons. The van der Waals surface area contributed by atoms with Crippen molar-refractivity contribution in [1.82, 2.24) is 9.88 Å². The average Bonchev–Trinajstić information content (AvgIpc) is 3.19. The standard InChI is InChI=1S/C23H29N3O4S2/c1-16-7-8-17(2)22-21(16)24-23(31-22)26(14-6-13-25(3)4)20(27)15-32(28,29)19-11-9-18(30-5)10-12-19/h7-12H,6,13-15H2,1-5H3. The van der Waals surface area contributed by atoms with E-state index in [1.165, 1.54) is 35.5 Å². The molecule has 2 aromatic carbocycles. The Morgan fingerprint density at radius 1 is 1.03 bits per heavy atom. The molecule has 3 aromatic rings. The zero-order chi connectivity index (χ0) is 23.5. The number of nitrogens with zero attached hydrogens (tertiary/aromatic N) is 3. The second-order valence-corrected chi connectivity index (χ2v) is 11.0. The Kier molecular flexibility index (Phi) is 7.53. The van der Waals surface area contributed by atoms with Gasteiger partial charge in [-0.1, -0.05) is 23.5 Å². The molecule has 1 heterocycles. The number of ether oxygens (including phenoxy) is 1. The molecule has 3 rings (SSSR count). The van der Waals surface area contributed by atoms with Gasteiger partial charge in [-0.05, 0) is 76.3 Å². The summed E-state index contributed by atoms with van der Waals surface area (Å²) in [7, 11) is 1.63. The van der Waals surface area contributed by atoms with Crippen molar-refractivity contribution in [2.75, 3.05) is 44.9 Å². The van der Waals surface area contributed by atoms with Crippen molar-refractivity contribution < 1.29 is 17.9 Å². The molecule has 0 atom stereocenters. The van der Waals surface area contributed by atoms with Crippen molar-refractivity contribution in [3.8, 4) is 5.75 Å². The van der Waals surface area contributed by atoms with E-state index in [2.05, 4.69) is 0 Å². The fourth-order valence-corrected chi connectivity index (χ4v) is 5.70. The van der Waals surface area contributed by atoms with Gasteiger partial charge >= 0.3 is 0 Å². The second-order valence-electron chi connectivity index (χ2n) is 8.01. The van der Waals surface area contributed by atoms with E-state index in [1.807, 2.05) is 45.0 Å². The first-order chi connectivity index (χ1) is 15.1. The first kappa shape index (κ1) is 24.2. The smallest absolute Gasteiger partial charge is 0.244 e. The van der Waals surface area contributed by atoms with Crippen LogP contribution >= 0.6 is 11.3 Å². The lowest BCUT2D eigenvalue weighted by Crippen LogP contribution is -2.37. The summed E-state index contributed by atoms with van der Waals surface area (Å²) in [6.45, 7) is 5.17. The Morgan fingerprint density at radius 2 is 1.69 bits per heavy atom. The van der Waals surface area contributed by atoms with Crippen LogP contribution in [0.15, 0.2) is 41.3 Å². The minimum atomic E-state index is -3.81. The lowest BCUT2D eigenvalue weighted by molar-refractivity contribution is -0.116. The lowest BCUT2D eigenvalue weighted by atomic mass is 10.1. The molecule has 0 N–H and O–H groups in total. The highest BCUT2D eigenvalue weighted by molar-refractivity contribution is 7.92. The third-order valence-corrected chi connectivity index (χ3v) is 8.01. The van der Waals surface area contributed by atoms with Crippen LogP contribution in [0.3, 0.4) is 0 Å². The van der Waals surface area contributed by atoms with Gasteiger partial charge in [0.2, 0.25) is 5.91 Å². The number of anilines is 1. The molecule has 0 saturated carbocycles. The van der Waals surface area contributed by atoms with Crippen LogP contribution in [-0.4, -0.2) is 64.3 Å². The fourth-order valence-electron chi connectivity index (χ4n) is 3.34. The van der Waals surface area contributed by atoms with Crippen LogP contribution in [0.25, 0.3) is 10.2 Å². The normalized spacial score (nSPS) is 11.8. The number of carbonyl (C=O) groups is 1. The van der Waals surface area contributed by atoms with Crippen molar-refractivity contribution >= 4 is 42.4 Å². The molecule has 1 aromatic heterocycles. The quantitative estimate of drug-likeness (QED) is 0.470. The van der Waals surface area contributed by atoms with Gasteiger partial charge in [0.1, 0.15) is 11.5 Å². The molecule has 0 saturated heterocycles. The van der Waals surface area contributed by atoms with E-state index in [-0.39, 0.29) is 4.90 Å². The number of fused-ring (bicyclic) bond motifs is 1. The van der Waals surface area contributed by atoms with E-state index in [0.717, 1.165) is 27.9 Å². The Morgan fingerprint density at radius 3 is 2.28 bits per heavy atom. The van der Waals surface area contributed by atoms with Gasteiger partial charge in [0.15, 0.2) is 15.0 Å². The van der Waals surface area contributed by atoms with Crippen LogP contribution < -0.4 is 9.64 Å². The summed E-state index contributed by atoms with van der Waals surface area (Å²) in [6, 6.07) is 10.1. The van der Waals surface area contributed by atoms with Gasteiger partial charge in [-0.3, -0.25) is 9.69 Å². The number of hydrogen-bond acceptors (Lipinski definition) is 7. The van der Waals surface area contributed by atoms with Gasteiger partial charge in [-0.25, -0.2) is 13.4 Å². The number of benzene rings is 2. The number of hydrogen-bond donors (Lipinski definition) is 0. The summed E-state index contributed by atoms with van der Waals surface area (Å²) in [5.41, 5.74) is 2.97. The SMILES string of the molecule is COc1ccc(S(=O)(=O)CC(=O)N(CCCN(C)C)c2nc3c(C)ccc(C)c3s2)cc1. The molecule has 7 nitrogen and oxygen atoms in total. The number of methoxy groups -OCH3 is 1. The highest BCUT2D eigenvalue weighted by Crippen LogP contribution is 2.33. The summed E-state index contributed by atoms with van der Waals surface area (Å²) >= 11 is 1.43. The summed E-state index contributed by atoms with van der Waals surface area (Å²) < 4.78 is 32.0. The van der Waals surface area contributed by atoms with Crippen molar-refractivity contribution in [1.29, 1.82) is 0 Å². The van der Waals surface area contributed by atoms with Crippen LogP contribution in [0, 0.1) is 13.8 Å². The molecule has 1 amide bonds. The summed E-state index contributed by atoms with van der Waals surface area (Å²) in [6.07, 6.45) is 0.704. The van der Waals surface area contributed by atoms with Crippen LogP contribution in [0.5, 0.6) is 5.75 Å². The van der Waals surface area contributed by atoms with Gasteiger partial charge in [0, 0.05) is 6.54 Å². The minimum Gasteiger partial charge on any atom is -0.497 e. The molecule has 0 aliphatic rings. The first-order valence-corrected chi connectivity index (χ1v) is 12.8. The monoisotopic (exact) mass is 475 g/mol. The number of sulfone groups is 1. The molecule has 9 heteroatoms. The zero-order valence-corrected chi connectivity index (χ0v) is 20.7. The van der Waals surface area contributed by atoms with Crippen molar-refractivity contribution in [3.63, 3.8) is 0 Å². The largest absolute Gasteiger partial charge is 0.497 e. The van der Waals surface area contributed by atoms with Crippen LogP contribution in [0.4, 0.5) is 5.13 Å². The predicted octanol–water partition coefficient (Wildman–Crippen LogP) is 3.68. The van der Waals surface area contributed by atoms with E-state index in [9.17, 15) is 13.2 Å². The maximum atomic E-state index is 13.3. The maximum Gasteiger partial charge on any atom is 0.244 e. The first-order valence-electron chi connectivity index (χ1n) is 10.3. The molecule has 0 radical (unpaired) electrons. The van der Waals surface area contributed by atoms with E-state index < -0.39 is 21.5 Å². The van der Waals surface area contributed by atoms with Crippen molar-refractivity contribution in [2.45, 2.75) is 25.2 Å². The second kappa shape index (κ2) is 9.97. The molecular weight excluding hydrogens is 446 g/mol. The molecule has 0 aliphatic heterocycles. The number of thiazole rings is 1. The minimum absolute atomic E-state index is 0.0934. The Balaban J connectivity index is 1.91. The molecule has 0 bridgehead atoms. The molecule has 0 unspecified atom stereocenters. The topological polar surface area (TPSA) is 79.8 Å². The number of carbonyl (C=O) groups excluding carboxylic acids is 1. The third-order valence-electron chi connectivity index (χ3n) is 5.18. The summed E-state index contributed by atoms with van der Waals surface area (Å²) in [5, 5.41) is 0.533.